The van der Waals surface area contributed by atoms with Gasteiger partial charge < -0.3 is 10.3 Å². The van der Waals surface area contributed by atoms with E-state index >= 15 is 0 Å². The number of fused-ring (bicyclic) bond motifs is 1. The number of hydrogen-bond donors (Lipinski definition) is 2. The van der Waals surface area contributed by atoms with E-state index in [4.69, 9.17) is 0 Å². The molecule has 2 nitrogen and oxygen atoms in total. The van der Waals surface area contributed by atoms with Crippen LogP contribution in [0.15, 0.2) is 54.7 Å². The Morgan fingerprint density at radius 1 is 0.950 bits per heavy atom. The Hall–Kier alpha value is -2.22. The topological polar surface area (TPSA) is 27.8 Å². The molecule has 0 aliphatic heterocycles. The first-order valence-corrected chi connectivity index (χ1v) is 7.25. The first-order valence-electron chi connectivity index (χ1n) is 7.25. The Morgan fingerprint density at radius 2 is 1.80 bits per heavy atom. The monoisotopic (exact) mass is 264 g/mol. The third kappa shape index (κ3) is 2.55. The molecule has 0 saturated heterocycles. The SMILES string of the molecule is CCCc1ccccc1NCc1cccc2cc[nH]c12. The minimum absolute atomic E-state index is 0.846. The van der Waals surface area contributed by atoms with Crippen molar-refractivity contribution in [2.75, 3.05) is 5.32 Å². The summed E-state index contributed by atoms with van der Waals surface area (Å²) in [6.07, 6.45) is 4.29. The molecule has 1 aromatic heterocycles. The Morgan fingerprint density at radius 3 is 2.70 bits per heavy atom. The number of aromatic amines is 1. The molecule has 0 fully saturated rings. The van der Waals surface area contributed by atoms with Gasteiger partial charge in [-0.2, -0.15) is 0 Å². The second-order valence-corrected chi connectivity index (χ2v) is 5.12. The zero-order valence-electron chi connectivity index (χ0n) is 11.8. The van der Waals surface area contributed by atoms with Gasteiger partial charge in [-0.15, -0.1) is 0 Å². The molecule has 20 heavy (non-hydrogen) atoms. The van der Waals surface area contributed by atoms with E-state index in [1.54, 1.807) is 0 Å². The summed E-state index contributed by atoms with van der Waals surface area (Å²) in [5, 5.41) is 4.85. The summed E-state index contributed by atoms with van der Waals surface area (Å²) in [6.45, 7) is 3.06. The average Bonchev–Trinajstić information content (AvgIpc) is 2.96. The number of anilines is 1. The number of rotatable bonds is 5. The Kier molecular flexibility index (Phi) is 3.73. The molecular formula is C18H20N2. The highest BCUT2D eigenvalue weighted by molar-refractivity contribution is 5.82. The number of aryl methyl sites for hydroxylation is 1. The first kappa shape index (κ1) is 12.8. The molecule has 2 aromatic carbocycles. The van der Waals surface area contributed by atoms with Gasteiger partial charge in [-0.1, -0.05) is 49.7 Å². The van der Waals surface area contributed by atoms with Gasteiger partial charge in [0.05, 0.1) is 5.52 Å². The highest BCUT2D eigenvalue weighted by Gasteiger charge is 2.04. The average molecular weight is 264 g/mol. The van der Waals surface area contributed by atoms with Gasteiger partial charge in [0.15, 0.2) is 0 Å². The number of para-hydroxylation sites is 2. The van der Waals surface area contributed by atoms with E-state index in [9.17, 15) is 0 Å². The van der Waals surface area contributed by atoms with Gasteiger partial charge in [0.25, 0.3) is 0 Å². The summed E-state index contributed by atoms with van der Waals surface area (Å²) in [4.78, 5) is 3.32. The molecule has 0 atom stereocenters. The number of aromatic nitrogens is 1. The molecule has 3 rings (SSSR count). The number of H-pyrrole nitrogens is 1. The predicted molar refractivity (Wildman–Crippen MR) is 86.1 cm³/mol. The summed E-state index contributed by atoms with van der Waals surface area (Å²) in [5.74, 6) is 0. The molecule has 0 saturated carbocycles. The van der Waals surface area contributed by atoms with Crippen molar-refractivity contribution < 1.29 is 0 Å². The van der Waals surface area contributed by atoms with E-state index in [1.165, 1.54) is 34.1 Å². The lowest BCUT2D eigenvalue weighted by Crippen LogP contribution is -2.03. The van der Waals surface area contributed by atoms with Crippen LogP contribution >= 0.6 is 0 Å². The normalized spacial score (nSPS) is 10.8. The minimum atomic E-state index is 0.846. The molecule has 0 bridgehead atoms. The van der Waals surface area contributed by atoms with E-state index in [0.29, 0.717) is 0 Å². The molecule has 2 heteroatoms. The zero-order chi connectivity index (χ0) is 13.8. The molecule has 0 unspecified atom stereocenters. The smallest absolute Gasteiger partial charge is 0.0504 e. The maximum atomic E-state index is 3.58. The maximum Gasteiger partial charge on any atom is 0.0504 e. The third-order valence-corrected chi connectivity index (χ3v) is 3.68. The van der Waals surface area contributed by atoms with Crippen molar-refractivity contribution in [2.24, 2.45) is 0 Å². The van der Waals surface area contributed by atoms with E-state index in [2.05, 4.69) is 65.8 Å². The van der Waals surface area contributed by atoms with Gasteiger partial charge in [0.1, 0.15) is 0 Å². The Balaban J connectivity index is 1.81. The summed E-state index contributed by atoms with van der Waals surface area (Å²) >= 11 is 0. The van der Waals surface area contributed by atoms with Crippen molar-refractivity contribution in [3.8, 4) is 0 Å². The number of nitrogens with one attached hydrogen (secondary N) is 2. The highest BCUT2D eigenvalue weighted by Crippen LogP contribution is 2.21. The van der Waals surface area contributed by atoms with Gasteiger partial charge in [-0.3, -0.25) is 0 Å². The standard InChI is InChI=1S/C18H20N2/c1-2-6-14-7-3-4-10-17(14)20-13-16-9-5-8-15-11-12-19-18(15)16/h3-5,7-12,19-20H,2,6,13H2,1H3. The molecule has 3 aromatic rings. The van der Waals surface area contributed by atoms with E-state index in [1.807, 2.05) is 6.20 Å². The second-order valence-electron chi connectivity index (χ2n) is 5.12. The van der Waals surface area contributed by atoms with E-state index in [-0.39, 0.29) is 0 Å². The lowest BCUT2D eigenvalue weighted by atomic mass is 10.1. The summed E-state index contributed by atoms with van der Waals surface area (Å²) in [7, 11) is 0. The molecule has 0 amide bonds. The molecule has 102 valence electrons. The van der Waals surface area contributed by atoms with Crippen LogP contribution in [-0.4, -0.2) is 4.98 Å². The molecule has 0 aliphatic carbocycles. The fourth-order valence-electron chi connectivity index (χ4n) is 2.67. The van der Waals surface area contributed by atoms with Crippen LogP contribution in [-0.2, 0) is 13.0 Å². The lowest BCUT2D eigenvalue weighted by molar-refractivity contribution is 0.919. The van der Waals surface area contributed by atoms with Crippen LogP contribution in [0.3, 0.4) is 0 Å². The highest BCUT2D eigenvalue weighted by atomic mass is 14.9. The molecule has 0 aliphatic rings. The van der Waals surface area contributed by atoms with Gasteiger partial charge in [-0.05, 0) is 35.1 Å². The summed E-state index contributed by atoms with van der Waals surface area (Å²) in [5.41, 5.74) is 5.18. The van der Waals surface area contributed by atoms with Gasteiger partial charge in [-0.25, -0.2) is 0 Å². The second kappa shape index (κ2) is 5.83. The van der Waals surface area contributed by atoms with Crippen LogP contribution in [0, 0.1) is 0 Å². The minimum Gasteiger partial charge on any atom is -0.381 e. The van der Waals surface area contributed by atoms with Crippen molar-refractivity contribution in [3.05, 3.63) is 65.9 Å². The Labute approximate surface area is 119 Å². The van der Waals surface area contributed by atoms with Gasteiger partial charge in [0, 0.05) is 18.4 Å². The zero-order valence-corrected chi connectivity index (χ0v) is 11.8. The fourth-order valence-corrected chi connectivity index (χ4v) is 2.67. The number of benzene rings is 2. The van der Waals surface area contributed by atoms with Crippen LogP contribution in [0.2, 0.25) is 0 Å². The largest absolute Gasteiger partial charge is 0.381 e. The Bertz CT molecular complexity index is 697. The van der Waals surface area contributed by atoms with Crippen molar-refractivity contribution in [3.63, 3.8) is 0 Å². The van der Waals surface area contributed by atoms with Crippen LogP contribution in [0.25, 0.3) is 10.9 Å². The van der Waals surface area contributed by atoms with Crippen LogP contribution in [0.4, 0.5) is 5.69 Å². The predicted octanol–water partition coefficient (Wildman–Crippen LogP) is 4.73. The summed E-state index contributed by atoms with van der Waals surface area (Å²) < 4.78 is 0. The van der Waals surface area contributed by atoms with Crippen molar-refractivity contribution >= 4 is 16.6 Å². The lowest BCUT2D eigenvalue weighted by Gasteiger charge is -2.12. The maximum absolute atomic E-state index is 3.58. The van der Waals surface area contributed by atoms with Crippen LogP contribution in [0.5, 0.6) is 0 Å². The van der Waals surface area contributed by atoms with Crippen LogP contribution in [0.1, 0.15) is 24.5 Å². The molecular weight excluding hydrogens is 244 g/mol. The molecule has 0 spiro atoms. The van der Waals surface area contributed by atoms with Crippen molar-refractivity contribution in [2.45, 2.75) is 26.3 Å². The van der Waals surface area contributed by atoms with E-state index < -0.39 is 0 Å². The number of hydrogen-bond acceptors (Lipinski definition) is 1. The van der Waals surface area contributed by atoms with Crippen molar-refractivity contribution in [1.82, 2.24) is 4.98 Å². The fraction of sp³-hybridized carbons (Fsp3) is 0.222. The molecule has 0 radical (unpaired) electrons. The van der Waals surface area contributed by atoms with Gasteiger partial charge >= 0.3 is 0 Å². The quantitative estimate of drug-likeness (QED) is 0.685. The first-order chi connectivity index (χ1) is 9.88. The molecule has 1 heterocycles. The summed E-state index contributed by atoms with van der Waals surface area (Å²) in [6, 6.07) is 17.1. The third-order valence-electron chi connectivity index (χ3n) is 3.68. The molecule has 2 N–H and O–H groups in total. The van der Waals surface area contributed by atoms with Crippen LogP contribution < -0.4 is 5.32 Å². The van der Waals surface area contributed by atoms with Crippen molar-refractivity contribution in [1.29, 1.82) is 0 Å². The van der Waals surface area contributed by atoms with Gasteiger partial charge in [0.2, 0.25) is 0 Å². The van der Waals surface area contributed by atoms with E-state index in [0.717, 1.165) is 13.0 Å².